The van der Waals surface area contributed by atoms with Crippen molar-refractivity contribution in [2.75, 3.05) is 39.4 Å². The molecular formula is C18H22ClN3O2S. The molecule has 1 aromatic carbocycles. The van der Waals surface area contributed by atoms with Crippen molar-refractivity contribution >= 4 is 28.8 Å². The fourth-order valence-electron chi connectivity index (χ4n) is 2.76. The lowest BCUT2D eigenvalue weighted by Gasteiger charge is -2.26. The minimum Gasteiger partial charge on any atom is -0.379 e. The van der Waals surface area contributed by atoms with Crippen LogP contribution in [0.25, 0.3) is 10.6 Å². The number of halogens is 1. The molecule has 0 bridgehead atoms. The van der Waals surface area contributed by atoms with E-state index in [1.54, 1.807) is 0 Å². The first-order valence-electron chi connectivity index (χ1n) is 8.45. The first-order chi connectivity index (χ1) is 12.1. The van der Waals surface area contributed by atoms with E-state index in [2.05, 4.69) is 15.2 Å². The number of aromatic nitrogens is 1. The molecule has 2 heterocycles. The van der Waals surface area contributed by atoms with Crippen LogP contribution in [-0.2, 0) is 4.74 Å². The Kier molecular flexibility index (Phi) is 6.42. The molecule has 1 aliphatic heterocycles. The molecule has 134 valence electrons. The Balaban J connectivity index is 1.53. The first kappa shape index (κ1) is 18.3. The van der Waals surface area contributed by atoms with E-state index in [0.717, 1.165) is 55.5 Å². The quantitative estimate of drug-likeness (QED) is 0.783. The van der Waals surface area contributed by atoms with Crippen LogP contribution in [0.4, 0.5) is 0 Å². The number of morpholine rings is 1. The Hall–Kier alpha value is -1.47. The summed E-state index contributed by atoms with van der Waals surface area (Å²) in [6.07, 6.45) is 0.935. The van der Waals surface area contributed by atoms with Gasteiger partial charge in [0.25, 0.3) is 5.91 Å². The number of carbonyl (C=O) groups excluding carboxylic acids is 1. The van der Waals surface area contributed by atoms with Gasteiger partial charge in [0.2, 0.25) is 0 Å². The highest BCUT2D eigenvalue weighted by molar-refractivity contribution is 7.17. The third-order valence-electron chi connectivity index (χ3n) is 4.11. The van der Waals surface area contributed by atoms with Crippen LogP contribution in [0.3, 0.4) is 0 Å². The molecule has 0 atom stereocenters. The minimum atomic E-state index is -0.0507. The van der Waals surface area contributed by atoms with E-state index in [0.29, 0.717) is 16.4 Å². The number of thiazole rings is 1. The smallest absolute Gasteiger partial charge is 0.263 e. The lowest BCUT2D eigenvalue weighted by molar-refractivity contribution is 0.0374. The molecule has 3 rings (SSSR count). The van der Waals surface area contributed by atoms with Crippen molar-refractivity contribution in [3.05, 3.63) is 39.9 Å². The van der Waals surface area contributed by atoms with Crippen LogP contribution in [0.2, 0.25) is 5.02 Å². The van der Waals surface area contributed by atoms with E-state index in [9.17, 15) is 4.79 Å². The highest BCUT2D eigenvalue weighted by Gasteiger charge is 2.16. The van der Waals surface area contributed by atoms with Crippen LogP contribution in [0.5, 0.6) is 0 Å². The zero-order valence-electron chi connectivity index (χ0n) is 14.3. The Morgan fingerprint density at radius 2 is 2.20 bits per heavy atom. The molecule has 0 radical (unpaired) electrons. The van der Waals surface area contributed by atoms with Crippen molar-refractivity contribution in [3.8, 4) is 10.6 Å². The van der Waals surface area contributed by atoms with Gasteiger partial charge in [-0.05, 0) is 32.0 Å². The first-order valence-corrected chi connectivity index (χ1v) is 9.64. The summed E-state index contributed by atoms with van der Waals surface area (Å²) in [4.78, 5) is 20.0. The molecule has 0 saturated carbocycles. The number of aryl methyl sites for hydroxylation is 1. The number of hydrogen-bond acceptors (Lipinski definition) is 5. The van der Waals surface area contributed by atoms with Gasteiger partial charge >= 0.3 is 0 Å². The predicted octanol–water partition coefficient (Wildman–Crippen LogP) is 3.22. The molecule has 25 heavy (non-hydrogen) atoms. The summed E-state index contributed by atoms with van der Waals surface area (Å²) in [5, 5.41) is 4.49. The standard InChI is InChI=1S/C18H22ClN3O2S/c1-13-16(25-18(21-13)14-4-2-5-15(19)12-14)17(23)20-6-3-7-22-8-10-24-11-9-22/h2,4-5,12H,3,6-11H2,1H3,(H,20,23). The van der Waals surface area contributed by atoms with Crippen LogP contribution in [-0.4, -0.2) is 55.2 Å². The van der Waals surface area contributed by atoms with Crippen LogP contribution < -0.4 is 5.32 Å². The Labute approximate surface area is 157 Å². The molecule has 1 aliphatic rings. The van der Waals surface area contributed by atoms with Crippen LogP contribution in [0.15, 0.2) is 24.3 Å². The maximum Gasteiger partial charge on any atom is 0.263 e. The lowest BCUT2D eigenvalue weighted by atomic mass is 10.2. The average molecular weight is 380 g/mol. The van der Waals surface area contributed by atoms with Gasteiger partial charge in [-0.3, -0.25) is 9.69 Å². The van der Waals surface area contributed by atoms with Crippen molar-refractivity contribution in [2.24, 2.45) is 0 Å². The van der Waals surface area contributed by atoms with Gasteiger partial charge in [0, 0.05) is 30.2 Å². The van der Waals surface area contributed by atoms with Crippen molar-refractivity contribution in [1.29, 1.82) is 0 Å². The van der Waals surface area contributed by atoms with Gasteiger partial charge in [-0.15, -0.1) is 11.3 Å². The molecule has 7 heteroatoms. The maximum absolute atomic E-state index is 12.4. The van der Waals surface area contributed by atoms with E-state index in [4.69, 9.17) is 16.3 Å². The number of benzene rings is 1. The summed E-state index contributed by atoms with van der Waals surface area (Å²) < 4.78 is 5.34. The van der Waals surface area contributed by atoms with Gasteiger partial charge in [0.15, 0.2) is 0 Å². The van der Waals surface area contributed by atoms with Gasteiger partial charge in [0.05, 0.1) is 18.9 Å². The largest absolute Gasteiger partial charge is 0.379 e. The van der Waals surface area contributed by atoms with E-state index >= 15 is 0 Å². The molecule has 1 N–H and O–H groups in total. The van der Waals surface area contributed by atoms with Gasteiger partial charge in [-0.2, -0.15) is 0 Å². The van der Waals surface area contributed by atoms with Crippen LogP contribution in [0.1, 0.15) is 21.8 Å². The minimum absolute atomic E-state index is 0.0507. The number of carbonyl (C=O) groups is 1. The van der Waals surface area contributed by atoms with Crippen molar-refractivity contribution in [2.45, 2.75) is 13.3 Å². The summed E-state index contributed by atoms with van der Waals surface area (Å²) in [5.41, 5.74) is 1.69. The molecule has 1 saturated heterocycles. The highest BCUT2D eigenvalue weighted by Crippen LogP contribution is 2.29. The molecular weight excluding hydrogens is 358 g/mol. The Bertz CT molecular complexity index is 729. The molecule has 0 unspecified atom stereocenters. The zero-order chi connectivity index (χ0) is 17.6. The maximum atomic E-state index is 12.4. The molecule has 2 aromatic rings. The number of rotatable bonds is 6. The van der Waals surface area contributed by atoms with E-state index in [-0.39, 0.29) is 5.91 Å². The summed E-state index contributed by atoms with van der Waals surface area (Å²) in [5.74, 6) is -0.0507. The molecule has 1 amide bonds. The normalized spacial score (nSPS) is 15.3. The number of nitrogens with zero attached hydrogens (tertiary/aromatic N) is 2. The summed E-state index contributed by atoms with van der Waals surface area (Å²) in [7, 11) is 0. The highest BCUT2D eigenvalue weighted by atomic mass is 35.5. The van der Waals surface area contributed by atoms with Gasteiger partial charge in [-0.25, -0.2) is 4.98 Å². The molecule has 1 fully saturated rings. The van der Waals surface area contributed by atoms with E-state index in [1.165, 1.54) is 11.3 Å². The fraction of sp³-hybridized carbons (Fsp3) is 0.444. The topological polar surface area (TPSA) is 54.5 Å². The number of ether oxygens (including phenoxy) is 1. The van der Waals surface area contributed by atoms with Crippen LogP contribution >= 0.6 is 22.9 Å². The predicted molar refractivity (Wildman–Crippen MR) is 102 cm³/mol. The second-order valence-electron chi connectivity index (χ2n) is 6.01. The monoisotopic (exact) mass is 379 g/mol. The SMILES string of the molecule is Cc1nc(-c2cccc(Cl)c2)sc1C(=O)NCCCN1CCOCC1. The van der Waals surface area contributed by atoms with E-state index in [1.807, 2.05) is 31.2 Å². The summed E-state index contributed by atoms with van der Waals surface area (Å²) in [6.45, 7) is 7.08. The van der Waals surface area contributed by atoms with Gasteiger partial charge in [-0.1, -0.05) is 23.7 Å². The molecule has 0 spiro atoms. The fourth-order valence-corrected chi connectivity index (χ4v) is 3.93. The van der Waals surface area contributed by atoms with Crippen LogP contribution in [0, 0.1) is 6.92 Å². The summed E-state index contributed by atoms with van der Waals surface area (Å²) in [6, 6.07) is 7.53. The second-order valence-corrected chi connectivity index (χ2v) is 7.44. The Morgan fingerprint density at radius 3 is 2.96 bits per heavy atom. The lowest BCUT2D eigenvalue weighted by Crippen LogP contribution is -2.38. The number of hydrogen-bond donors (Lipinski definition) is 1. The summed E-state index contributed by atoms with van der Waals surface area (Å²) >= 11 is 7.44. The third kappa shape index (κ3) is 5.01. The van der Waals surface area contributed by atoms with Gasteiger partial charge < -0.3 is 10.1 Å². The van der Waals surface area contributed by atoms with Crippen molar-refractivity contribution in [1.82, 2.24) is 15.2 Å². The average Bonchev–Trinajstić information content (AvgIpc) is 3.01. The number of amides is 1. The van der Waals surface area contributed by atoms with Crippen molar-refractivity contribution < 1.29 is 9.53 Å². The molecule has 5 nitrogen and oxygen atoms in total. The number of nitrogens with one attached hydrogen (secondary N) is 1. The molecule has 0 aliphatic carbocycles. The van der Waals surface area contributed by atoms with Gasteiger partial charge in [0.1, 0.15) is 9.88 Å². The zero-order valence-corrected chi connectivity index (χ0v) is 15.8. The van der Waals surface area contributed by atoms with E-state index < -0.39 is 0 Å². The molecule has 1 aromatic heterocycles. The third-order valence-corrected chi connectivity index (χ3v) is 5.56. The Morgan fingerprint density at radius 1 is 1.40 bits per heavy atom. The second kappa shape index (κ2) is 8.76. The van der Waals surface area contributed by atoms with Crippen molar-refractivity contribution in [3.63, 3.8) is 0 Å².